The van der Waals surface area contributed by atoms with E-state index in [1.54, 1.807) is 12.1 Å². The molecule has 0 fully saturated rings. The van der Waals surface area contributed by atoms with Crippen LogP contribution in [0.2, 0.25) is 0 Å². The molecule has 0 saturated carbocycles. The second-order valence-corrected chi connectivity index (χ2v) is 5.55. The second kappa shape index (κ2) is 5.02. The summed E-state index contributed by atoms with van der Waals surface area (Å²) >= 11 is 0. The molecule has 1 aliphatic carbocycles. The van der Waals surface area contributed by atoms with Crippen molar-refractivity contribution in [1.82, 2.24) is 0 Å². The van der Waals surface area contributed by atoms with Crippen LogP contribution in [0.1, 0.15) is 29.5 Å². The number of phenolic OH excluding ortho intramolecular Hbond substituents is 1. The second-order valence-electron chi connectivity index (χ2n) is 5.55. The fraction of sp³-hybridized carbons (Fsp3) is 0.278. The van der Waals surface area contributed by atoms with Crippen LogP contribution < -0.4 is 0 Å². The Morgan fingerprint density at radius 3 is 2.60 bits per heavy atom. The predicted octanol–water partition coefficient (Wildman–Crippen LogP) is 3.73. The van der Waals surface area contributed by atoms with Crippen LogP contribution in [0.15, 0.2) is 48.5 Å². The number of nitrogens with zero attached hydrogens (tertiary/aromatic N) is 1. The molecule has 0 aliphatic heterocycles. The average molecular weight is 263 g/mol. The van der Waals surface area contributed by atoms with Gasteiger partial charge in [-0.1, -0.05) is 36.4 Å². The zero-order valence-corrected chi connectivity index (χ0v) is 11.3. The van der Waals surface area contributed by atoms with E-state index >= 15 is 0 Å². The Bertz CT molecular complexity index is 654. The molecule has 1 unspecified atom stereocenters. The van der Waals surface area contributed by atoms with Crippen LogP contribution in [0.3, 0.4) is 0 Å². The molecule has 0 heterocycles. The van der Waals surface area contributed by atoms with E-state index in [9.17, 15) is 10.4 Å². The SMILES string of the molecule is N#CC1(Cc2ccc(O)cc2)CCCc2ccccc21. The summed E-state index contributed by atoms with van der Waals surface area (Å²) < 4.78 is 0. The zero-order valence-electron chi connectivity index (χ0n) is 11.3. The summed E-state index contributed by atoms with van der Waals surface area (Å²) in [5.41, 5.74) is 3.16. The zero-order chi connectivity index (χ0) is 14.0. The fourth-order valence-corrected chi connectivity index (χ4v) is 3.22. The van der Waals surface area contributed by atoms with E-state index in [4.69, 9.17) is 0 Å². The maximum absolute atomic E-state index is 9.80. The molecule has 1 aliphatic rings. The molecule has 1 N–H and O–H groups in total. The van der Waals surface area contributed by atoms with Crippen LogP contribution in [0.4, 0.5) is 0 Å². The van der Waals surface area contributed by atoms with Crippen molar-refractivity contribution in [3.63, 3.8) is 0 Å². The van der Waals surface area contributed by atoms with Gasteiger partial charge in [-0.05, 0) is 54.5 Å². The van der Waals surface area contributed by atoms with Crippen LogP contribution in [0.5, 0.6) is 5.75 Å². The van der Waals surface area contributed by atoms with E-state index < -0.39 is 5.41 Å². The third-order valence-corrected chi connectivity index (χ3v) is 4.24. The topological polar surface area (TPSA) is 44.0 Å². The molecule has 0 radical (unpaired) electrons. The van der Waals surface area contributed by atoms with Crippen molar-refractivity contribution < 1.29 is 5.11 Å². The molecule has 100 valence electrons. The maximum Gasteiger partial charge on any atom is 0.115 e. The van der Waals surface area contributed by atoms with Gasteiger partial charge in [0.25, 0.3) is 0 Å². The van der Waals surface area contributed by atoms with Crippen molar-refractivity contribution in [2.75, 3.05) is 0 Å². The van der Waals surface area contributed by atoms with Crippen LogP contribution in [0.25, 0.3) is 0 Å². The summed E-state index contributed by atoms with van der Waals surface area (Å²) in [5.74, 6) is 0.267. The van der Waals surface area contributed by atoms with Crippen molar-refractivity contribution in [2.24, 2.45) is 0 Å². The molecule has 0 amide bonds. The molecule has 2 aromatic rings. The van der Waals surface area contributed by atoms with Crippen molar-refractivity contribution >= 4 is 0 Å². The van der Waals surface area contributed by atoms with E-state index in [1.807, 2.05) is 24.3 Å². The molecule has 2 heteroatoms. The highest BCUT2D eigenvalue weighted by molar-refractivity contribution is 5.43. The highest BCUT2D eigenvalue weighted by atomic mass is 16.3. The lowest BCUT2D eigenvalue weighted by molar-refractivity contribution is 0.449. The maximum atomic E-state index is 9.80. The first-order chi connectivity index (χ1) is 9.73. The number of aromatic hydroxyl groups is 1. The number of benzene rings is 2. The van der Waals surface area contributed by atoms with Crippen LogP contribution in [-0.4, -0.2) is 5.11 Å². The van der Waals surface area contributed by atoms with Gasteiger partial charge in [-0.3, -0.25) is 0 Å². The molecule has 0 aromatic heterocycles. The quantitative estimate of drug-likeness (QED) is 0.897. The van der Waals surface area contributed by atoms with Crippen LogP contribution >= 0.6 is 0 Å². The molecule has 2 aromatic carbocycles. The first-order valence-electron chi connectivity index (χ1n) is 7.01. The van der Waals surface area contributed by atoms with Crippen molar-refractivity contribution in [1.29, 1.82) is 5.26 Å². The summed E-state index contributed by atoms with van der Waals surface area (Å²) in [7, 11) is 0. The van der Waals surface area contributed by atoms with Gasteiger partial charge in [-0.2, -0.15) is 5.26 Å². The summed E-state index contributed by atoms with van der Waals surface area (Å²) in [6.07, 6.45) is 3.74. The molecular formula is C18H17NO. The van der Waals surface area contributed by atoms with Gasteiger partial charge in [0.2, 0.25) is 0 Å². The van der Waals surface area contributed by atoms with E-state index in [-0.39, 0.29) is 5.75 Å². The fourth-order valence-electron chi connectivity index (χ4n) is 3.22. The Balaban J connectivity index is 2.01. The normalized spacial score (nSPS) is 20.9. The minimum Gasteiger partial charge on any atom is -0.508 e. The lowest BCUT2D eigenvalue weighted by Crippen LogP contribution is -2.31. The third-order valence-electron chi connectivity index (χ3n) is 4.24. The molecule has 20 heavy (non-hydrogen) atoms. The van der Waals surface area contributed by atoms with Gasteiger partial charge < -0.3 is 5.11 Å². The van der Waals surface area contributed by atoms with Gasteiger partial charge in [0.05, 0.1) is 11.5 Å². The standard InChI is InChI=1S/C18H17NO/c19-13-18(12-14-7-9-16(20)10-8-14)11-3-5-15-4-1-2-6-17(15)18/h1-2,4,6-10,20H,3,5,11-12H2. The van der Waals surface area contributed by atoms with Gasteiger partial charge in [-0.25, -0.2) is 0 Å². The summed E-state index contributed by atoms with van der Waals surface area (Å²) in [6.45, 7) is 0. The number of nitriles is 1. The largest absolute Gasteiger partial charge is 0.508 e. The minimum absolute atomic E-state index is 0.267. The van der Waals surface area contributed by atoms with Crippen molar-refractivity contribution in [2.45, 2.75) is 31.1 Å². The first kappa shape index (κ1) is 12.7. The third kappa shape index (κ3) is 2.16. The molecule has 0 saturated heterocycles. The molecule has 3 rings (SSSR count). The monoisotopic (exact) mass is 263 g/mol. The van der Waals surface area contributed by atoms with Crippen LogP contribution in [0, 0.1) is 11.3 Å². The Labute approximate surface area is 119 Å². The summed E-state index contributed by atoms with van der Waals surface area (Å²) in [5, 5.41) is 19.2. The van der Waals surface area contributed by atoms with E-state index in [1.165, 1.54) is 11.1 Å². The lowest BCUT2D eigenvalue weighted by atomic mass is 9.68. The Morgan fingerprint density at radius 2 is 1.85 bits per heavy atom. The van der Waals surface area contributed by atoms with Crippen molar-refractivity contribution in [3.8, 4) is 11.8 Å². The number of rotatable bonds is 2. The predicted molar refractivity (Wildman–Crippen MR) is 78.5 cm³/mol. The summed E-state index contributed by atoms with van der Waals surface area (Å²) in [6, 6.07) is 18.1. The number of hydrogen-bond acceptors (Lipinski definition) is 2. The molecule has 1 atom stereocenters. The Morgan fingerprint density at radius 1 is 1.10 bits per heavy atom. The van der Waals surface area contributed by atoms with Gasteiger partial charge in [0, 0.05) is 0 Å². The first-order valence-corrected chi connectivity index (χ1v) is 7.01. The minimum atomic E-state index is -0.425. The Kier molecular flexibility index (Phi) is 3.20. The molecule has 0 spiro atoms. The van der Waals surface area contributed by atoms with Gasteiger partial charge in [0.1, 0.15) is 5.75 Å². The molecular weight excluding hydrogens is 246 g/mol. The average Bonchev–Trinajstić information content (AvgIpc) is 2.50. The Hall–Kier alpha value is -2.27. The highest BCUT2D eigenvalue weighted by Gasteiger charge is 2.36. The number of hydrogen-bond donors (Lipinski definition) is 1. The summed E-state index contributed by atoms with van der Waals surface area (Å²) in [4.78, 5) is 0. The number of fused-ring (bicyclic) bond motifs is 1. The van der Waals surface area contributed by atoms with E-state index in [0.717, 1.165) is 24.8 Å². The van der Waals surface area contributed by atoms with Gasteiger partial charge in [-0.15, -0.1) is 0 Å². The molecule has 2 nitrogen and oxygen atoms in total. The van der Waals surface area contributed by atoms with Crippen LogP contribution in [-0.2, 0) is 18.3 Å². The van der Waals surface area contributed by atoms with Gasteiger partial charge >= 0.3 is 0 Å². The lowest BCUT2D eigenvalue weighted by Gasteiger charge is -2.33. The smallest absolute Gasteiger partial charge is 0.115 e. The number of aryl methyl sites for hydroxylation is 1. The van der Waals surface area contributed by atoms with Gasteiger partial charge in [0.15, 0.2) is 0 Å². The highest BCUT2D eigenvalue weighted by Crippen LogP contribution is 2.39. The van der Waals surface area contributed by atoms with Crippen molar-refractivity contribution in [3.05, 3.63) is 65.2 Å². The number of phenols is 1. The van der Waals surface area contributed by atoms with E-state index in [0.29, 0.717) is 6.42 Å². The van der Waals surface area contributed by atoms with E-state index in [2.05, 4.69) is 18.2 Å². The molecule has 0 bridgehead atoms.